The molecule has 0 saturated carbocycles. The SMILES string of the molecule is CC#CCCS.CC#CCSC.CC#CSCS.CCSC#CS.CSCC#CS.SC#CCCS. The summed E-state index contributed by atoms with van der Waals surface area (Å²) in [5.41, 5.74) is 0. The van der Waals surface area contributed by atoms with Gasteiger partial charge in [-0.2, -0.15) is 61.4 Å². The molecule has 0 bridgehead atoms. The van der Waals surface area contributed by atoms with Gasteiger partial charge < -0.3 is 0 Å². The zero-order valence-electron chi connectivity index (χ0n) is 22.0. The minimum atomic E-state index is 0.792. The number of thioether (sulfide) groups is 4. The average Bonchev–Trinajstić information content (AvgIpc) is 2.92. The Labute approximate surface area is 274 Å². The molecular formula is C26H40S10. The third-order valence-corrected chi connectivity index (χ3v) is 5.21. The summed E-state index contributed by atoms with van der Waals surface area (Å²) >= 11 is 29.3. The summed E-state index contributed by atoms with van der Waals surface area (Å²) in [5, 5.41) is 13.7. The van der Waals surface area contributed by atoms with Gasteiger partial charge in [-0.15, -0.1) is 17.8 Å². The lowest BCUT2D eigenvalue weighted by molar-refractivity contribution is 1.31. The molecule has 0 aliphatic heterocycles. The van der Waals surface area contributed by atoms with Crippen molar-refractivity contribution in [3.8, 4) is 67.7 Å². The third-order valence-electron chi connectivity index (χ3n) is 1.92. The van der Waals surface area contributed by atoms with Gasteiger partial charge in [-0.05, 0) is 59.5 Å². The standard InChI is InChI=1S/2C5H8S.4C4H6S2/c1-3-4-5-6-2;1-2-3-4-5-6;1-6-4-2-3-5;1-2-6-4-3-5;1-2-3-6-4-5;5-3-1-2-4-6/h5H2,1-2H3;6H,4-5H2,1H3;5H,4H2,1H3;5H,2H2,1H3;5H,4H2,1H3;5-6H,1,3H2. The van der Waals surface area contributed by atoms with Gasteiger partial charge in [0.25, 0.3) is 0 Å². The van der Waals surface area contributed by atoms with Crippen LogP contribution < -0.4 is 0 Å². The first kappa shape index (κ1) is 49.8. The minimum Gasteiger partial charge on any atom is -0.178 e. The van der Waals surface area contributed by atoms with E-state index in [-0.39, 0.29) is 0 Å². The molecule has 0 N–H and O–H groups in total. The first-order valence-electron chi connectivity index (χ1n) is 10.1. The van der Waals surface area contributed by atoms with Gasteiger partial charge in [-0.25, -0.2) is 0 Å². The summed E-state index contributed by atoms with van der Waals surface area (Å²) in [4.78, 5) is 0. The molecule has 0 aromatic rings. The van der Waals surface area contributed by atoms with Gasteiger partial charge in [0.1, 0.15) is 0 Å². The monoisotopic (exact) mass is 672 g/mol. The molecule has 10 heteroatoms. The van der Waals surface area contributed by atoms with Gasteiger partial charge in [0.2, 0.25) is 0 Å². The maximum Gasteiger partial charge on any atom is 0.0553 e. The highest BCUT2D eigenvalue weighted by atomic mass is 32.2. The van der Waals surface area contributed by atoms with Crippen molar-refractivity contribution in [2.75, 3.05) is 46.4 Å². The van der Waals surface area contributed by atoms with E-state index in [2.05, 4.69) is 150 Å². The molecule has 0 aromatic carbocycles. The summed E-state index contributed by atoms with van der Waals surface area (Å²) in [7, 11) is 0. The zero-order chi connectivity index (χ0) is 29.0. The molecule has 0 aromatic heterocycles. The molecule has 0 heterocycles. The van der Waals surface area contributed by atoms with Gasteiger partial charge in [-0.3, -0.25) is 0 Å². The van der Waals surface area contributed by atoms with Crippen LogP contribution in [-0.4, -0.2) is 46.4 Å². The predicted molar refractivity (Wildman–Crippen MR) is 204 cm³/mol. The van der Waals surface area contributed by atoms with Crippen LogP contribution in [0.3, 0.4) is 0 Å². The predicted octanol–water partition coefficient (Wildman–Crippen LogP) is 8.31. The van der Waals surface area contributed by atoms with Crippen LogP contribution in [0.4, 0.5) is 0 Å². The van der Waals surface area contributed by atoms with Crippen molar-refractivity contribution in [2.24, 2.45) is 0 Å². The van der Waals surface area contributed by atoms with Crippen molar-refractivity contribution >= 4 is 123 Å². The Bertz CT molecular complexity index is 572. The lowest BCUT2D eigenvalue weighted by atomic mass is 10.5. The number of rotatable bonds is 6. The molecule has 0 saturated heterocycles. The van der Waals surface area contributed by atoms with Crippen molar-refractivity contribution in [1.29, 1.82) is 0 Å². The fraction of sp³-hybridized carbons (Fsp3) is 0.538. The Hall–Kier alpha value is 0.860. The second-order valence-corrected chi connectivity index (χ2v) is 10.4. The van der Waals surface area contributed by atoms with E-state index in [4.69, 9.17) is 0 Å². The van der Waals surface area contributed by atoms with Crippen molar-refractivity contribution in [3.63, 3.8) is 0 Å². The maximum absolute atomic E-state index is 3.95. The lowest BCUT2D eigenvalue weighted by Gasteiger charge is -1.72. The quantitative estimate of drug-likeness (QED) is 0.0954. The molecule has 0 spiro atoms. The zero-order valence-corrected chi connectivity index (χ0v) is 30.6. The van der Waals surface area contributed by atoms with E-state index in [1.165, 1.54) is 11.8 Å². The van der Waals surface area contributed by atoms with Crippen LogP contribution in [0.15, 0.2) is 0 Å². The highest BCUT2D eigenvalue weighted by Crippen LogP contribution is 1.96. The van der Waals surface area contributed by atoms with E-state index in [0.717, 1.165) is 46.7 Å². The van der Waals surface area contributed by atoms with E-state index in [0.29, 0.717) is 0 Å². The molecule has 0 amide bonds. The summed E-state index contributed by atoms with van der Waals surface area (Å²) in [6, 6.07) is 0. The summed E-state index contributed by atoms with van der Waals surface area (Å²) in [6.07, 6.45) is 5.81. The fourth-order valence-electron chi connectivity index (χ4n) is 0.750. The molecule has 0 atom stereocenters. The van der Waals surface area contributed by atoms with E-state index >= 15 is 0 Å². The maximum atomic E-state index is 3.95. The molecule has 0 fully saturated rings. The molecule has 0 radical (unpaired) electrons. The van der Waals surface area contributed by atoms with Crippen molar-refractivity contribution in [3.05, 3.63) is 0 Å². The first-order valence-corrected chi connectivity index (χ1v) is 18.1. The number of hydrogen-bond donors (Lipinski definition) is 6. The van der Waals surface area contributed by atoms with Gasteiger partial charge in [0.05, 0.1) is 11.5 Å². The van der Waals surface area contributed by atoms with Crippen molar-refractivity contribution in [1.82, 2.24) is 0 Å². The lowest BCUT2D eigenvalue weighted by Crippen LogP contribution is -1.63. The average molecular weight is 673 g/mol. The molecule has 0 rings (SSSR count). The van der Waals surface area contributed by atoms with Crippen LogP contribution in [0.25, 0.3) is 0 Å². The molecule has 0 unspecified atom stereocenters. The summed E-state index contributed by atoms with van der Waals surface area (Å²) < 4.78 is 0. The van der Waals surface area contributed by atoms with Crippen molar-refractivity contribution < 1.29 is 0 Å². The highest BCUT2D eigenvalue weighted by Gasteiger charge is 1.66. The minimum absolute atomic E-state index is 0.792. The summed E-state index contributed by atoms with van der Waals surface area (Å²) in [6.45, 7) is 7.57. The van der Waals surface area contributed by atoms with E-state index in [9.17, 15) is 0 Å². The Morgan fingerprint density at radius 3 is 1.25 bits per heavy atom. The second-order valence-electron chi connectivity index (χ2n) is 4.52. The summed E-state index contributed by atoms with van der Waals surface area (Å²) in [5.74, 6) is 24.2. The number of thiol groups is 6. The van der Waals surface area contributed by atoms with Gasteiger partial charge in [0, 0.05) is 35.2 Å². The molecular weight excluding hydrogens is 633 g/mol. The van der Waals surface area contributed by atoms with Crippen LogP contribution in [-0.2, 0) is 0 Å². The second kappa shape index (κ2) is 70.5. The molecule has 0 aliphatic rings. The van der Waals surface area contributed by atoms with Crippen LogP contribution >= 0.6 is 123 Å². The van der Waals surface area contributed by atoms with Crippen LogP contribution in [0.1, 0.15) is 40.5 Å². The van der Waals surface area contributed by atoms with Gasteiger partial charge >= 0.3 is 0 Å². The van der Waals surface area contributed by atoms with Crippen molar-refractivity contribution in [2.45, 2.75) is 40.5 Å². The Morgan fingerprint density at radius 1 is 0.583 bits per heavy atom. The Kier molecular flexibility index (Phi) is 97.5. The fourth-order valence-corrected chi connectivity index (χ4v) is 2.58. The third kappa shape index (κ3) is 112. The van der Waals surface area contributed by atoms with E-state index in [1.807, 2.05) is 33.3 Å². The van der Waals surface area contributed by atoms with Crippen LogP contribution in [0, 0.1) is 67.7 Å². The Morgan fingerprint density at radius 2 is 1.08 bits per heavy atom. The molecule has 36 heavy (non-hydrogen) atoms. The molecule has 0 nitrogen and oxygen atoms in total. The number of hydrogen-bond acceptors (Lipinski definition) is 10. The Balaban J connectivity index is -0.0000000750. The van der Waals surface area contributed by atoms with Gasteiger partial charge in [-0.1, -0.05) is 92.0 Å². The molecule has 204 valence electrons. The normalized spacial score (nSPS) is 6.33. The van der Waals surface area contributed by atoms with Crippen LogP contribution in [0.2, 0.25) is 0 Å². The smallest absolute Gasteiger partial charge is 0.0553 e. The first-order chi connectivity index (χ1) is 17.5. The van der Waals surface area contributed by atoms with Crippen LogP contribution in [0.5, 0.6) is 0 Å². The van der Waals surface area contributed by atoms with E-state index < -0.39 is 0 Å². The van der Waals surface area contributed by atoms with E-state index in [1.54, 1.807) is 35.3 Å². The molecule has 0 aliphatic carbocycles. The van der Waals surface area contributed by atoms with Gasteiger partial charge in [0.15, 0.2) is 0 Å². The largest absolute Gasteiger partial charge is 0.178 e. The highest BCUT2D eigenvalue weighted by molar-refractivity contribution is 8.12. The topological polar surface area (TPSA) is 0 Å².